The normalized spacial score (nSPS) is 11.9. The van der Waals surface area contributed by atoms with Crippen LogP contribution in [-0.2, 0) is 19.6 Å². The Morgan fingerprint density at radius 3 is 2.26 bits per heavy atom. The second-order valence-corrected chi connectivity index (χ2v) is 8.31. The number of furan rings is 1. The van der Waals surface area contributed by atoms with Crippen LogP contribution < -0.4 is 10.1 Å². The van der Waals surface area contributed by atoms with Crippen molar-refractivity contribution in [3.05, 3.63) is 125 Å². The molecule has 4 aromatic rings. The molecule has 1 N–H and O–H groups in total. The van der Waals surface area contributed by atoms with Crippen molar-refractivity contribution in [1.29, 1.82) is 0 Å². The van der Waals surface area contributed by atoms with Crippen LogP contribution in [0, 0.1) is 0 Å². The van der Waals surface area contributed by atoms with E-state index in [0.29, 0.717) is 18.8 Å². The van der Waals surface area contributed by atoms with E-state index in [0.717, 1.165) is 29.2 Å². The molecule has 1 aromatic heterocycles. The Bertz CT molecular complexity index is 1190. The van der Waals surface area contributed by atoms with E-state index in [4.69, 9.17) is 9.15 Å². The molecule has 1 atom stereocenters. The molecule has 5 nitrogen and oxygen atoms in total. The van der Waals surface area contributed by atoms with Crippen LogP contribution in [0.1, 0.15) is 46.0 Å². The van der Waals surface area contributed by atoms with Gasteiger partial charge < -0.3 is 14.5 Å². The SMILES string of the molecule is COc1ccccc1CN(Cc1ccccc1)Cc1ccc(C(=O)NC(C)c2ccccc2)o1. The Balaban J connectivity index is 1.47. The number of hydrogen-bond acceptors (Lipinski definition) is 4. The smallest absolute Gasteiger partial charge is 0.287 e. The van der Waals surface area contributed by atoms with Crippen LogP contribution >= 0.6 is 0 Å². The van der Waals surface area contributed by atoms with Crippen molar-refractivity contribution in [3.63, 3.8) is 0 Å². The van der Waals surface area contributed by atoms with E-state index in [1.807, 2.05) is 79.7 Å². The first-order valence-electron chi connectivity index (χ1n) is 11.4. The fourth-order valence-electron chi connectivity index (χ4n) is 3.98. The van der Waals surface area contributed by atoms with E-state index in [2.05, 4.69) is 28.4 Å². The van der Waals surface area contributed by atoms with Crippen molar-refractivity contribution in [1.82, 2.24) is 10.2 Å². The number of benzene rings is 3. The average molecular weight is 455 g/mol. The zero-order valence-electron chi connectivity index (χ0n) is 19.6. The molecule has 0 spiro atoms. The van der Waals surface area contributed by atoms with E-state index in [9.17, 15) is 4.79 Å². The lowest BCUT2D eigenvalue weighted by Gasteiger charge is -2.22. The summed E-state index contributed by atoms with van der Waals surface area (Å²) < 4.78 is 11.5. The summed E-state index contributed by atoms with van der Waals surface area (Å²) in [6.45, 7) is 3.96. The third kappa shape index (κ3) is 6.15. The van der Waals surface area contributed by atoms with E-state index in [1.54, 1.807) is 13.2 Å². The Kier molecular flexibility index (Phi) is 7.79. The lowest BCUT2D eigenvalue weighted by atomic mass is 10.1. The van der Waals surface area contributed by atoms with Gasteiger partial charge in [-0.05, 0) is 36.2 Å². The predicted molar refractivity (Wildman–Crippen MR) is 133 cm³/mol. The molecule has 0 aliphatic rings. The summed E-state index contributed by atoms with van der Waals surface area (Å²) >= 11 is 0. The van der Waals surface area contributed by atoms with Crippen LogP contribution in [0.15, 0.2) is 101 Å². The molecular weight excluding hydrogens is 424 g/mol. The van der Waals surface area contributed by atoms with Crippen LogP contribution in [0.5, 0.6) is 5.75 Å². The minimum absolute atomic E-state index is 0.109. The summed E-state index contributed by atoms with van der Waals surface area (Å²) in [7, 11) is 1.69. The minimum atomic E-state index is -0.220. The summed E-state index contributed by atoms with van der Waals surface area (Å²) in [5.74, 6) is 1.69. The molecule has 0 saturated heterocycles. The Labute approximate surface area is 201 Å². The summed E-state index contributed by atoms with van der Waals surface area (Å²) in [6.07, 6.45) is 0. The summed E-state index contributed by atoms with van der Waals surface area (Å²) in [4.78, 5) is 15.0. The molecule has 1 amide bonds. The maximum Gasteiger partial charge on any atom is 0.287 e. The quantitative estimate of drug-likeness (QED) is 0.320. The molecule has 1 unspecified atom stereocenters. The van der Waals surface area contributed by atoms with Gasteiger partial charge in [-0.2, -0.15) is 0 Å². The molecule has 174 valence electrons. The van der Waals surface area contributed by atoms with Gasteiger partial charge in [0.05, 0.1) is 19.7 Å². The summed E-state index contributed by atoms with van der Waals surface area (Å²) in [6, 6.07) is 31.7. The number of carbonyl (C=O) groups is 1. The lowest BCUT2D eigenvalue weighted by molar-refractivity contribution is 0.0907. The number of rotatable bonds is 10. The molecule has 1 heterocycles. The highest BCUT2D eigenvalue weighted by Gasteiger charge is 2.17. The lowest BCUT2D eigenvalue weighted by Crippen LogP contribution is -2.26. The molecule has 5 heteroatoms. The highest BCUT2D eigenvalue weighted by atomic mass is 16.5. The maximum absolute atomic E-state index is 12.8. The highest BCUT2D eigenvalue weighted by Crippen LogP contribution is 2.22. The van der Waals surface area contributed by atoms with E-state index in [-0.39, 0.29) is 11.9 Å². The summed E-state index contributed by atoms with van der Waals surface area (Å²) in [5, 5.41) is 3.01. The number of methoxy groups -OCH3 is 1. The molecule has 0 saturated carbocycles. The highest BCUT2D eigenvalue weighted by molar-refractivity contribution is 5.91. The number of nitrogens with one attached hydrogen (secondary N) is 1. The fourth-order valence-corrected chi connectivity index (χ4v) is 3.98. The zero-order valence-corrected chi connectivity index (χ0v) is 19.6. The number of ether oxygens (including phenoxy) is 1. The van der Waals surface area contributed by atoms with Gasteiger partial charge in [-0.25, -0.2) is 0 Å². The molecule has 4 rings (SSSR count). The van der Waals surface area contributed by atoms with E-state index >= 15 is 0 Å². The molecule has 0 aliphatic carbocycles. The average Bonchev–Trinajstić information content (AvgIpc) is 3.34. The number of hydrogen-bond donors (Lipinski definition) is 1. The van der Waals surface area contributed by atoms with Crippen LogP contribution in [0.2, 0.25) is 0 Å². The number of carbonyl (C=O) groups excluding carboxylic acids is 1. The topological polar surface area (TPSA) is 54.7 Å². The first-order valence-corrected chi connectivity index (χ1v) is 11.4. The van der Waals surface area contributed by atoms with E-state index in [1.165, 1.54) is 5.56 Å². The Morgan fingerprint density at radius 2 is 1.53 bits per heavy atom. The zero-order chi connectivity index (χ0) is 23.8. The van der Waals surface area contributed by atoms with Crippen LogP contribution in [0.25, 0.3) is 0 Å². The molecular formula is C29H30N2O3. The van der Waals surface area contributed by atoms with Crippen LogP contribution in [0.3, 0.4) is 0 Å². The molecule has 0 bridgehead atoms. The van der Waals surface area contributed by atoms with Crippen molar-refractivity contribution >= 4 is 5.91 Å². The fraction of sp³-hybridized carbons (Fsp3) is 0.207. The Morgan fingerprint density at radius 1 is 0.853 bits per heavy atom. The van der Waals surface area contributed by atoms with Crippen LogP contribution in [0.4, 0.5) is 0 Å². The summed E-state index contributed by atoms with van der Waals surface area (Å²) in [5.41, 5.74) is 3.36. The van der Waals surface area contributed by atoms with Gasteiger partial charge in [0.15, 0.2) is 5.76 Å². The van der Waals surface area contributed by atoms with Gasteiger partial charge in [0, 0.05) is 18.7 Å². The maximum atomic E-state index is 12.8. The molecule has 0 fully saturated rings. The van der Waals surface area contributed by atoms with E-state index < -0.39 is 0 Å². The van der Waals surface area contributed by atoms with Crippen molar-refractivity contribution in [3.8, 4) is 5.75 Å². The minimum Gasteiger partial charge on any atom is -0.496 e. The largest absolute Gasteiger partial charge is 0.496 e. The standard InChI is InChI=1S/C29H30N2O3/c1-22(24-13-7-4-8-14-24)30-29(32)28-18-17-26(34-28)21-31(19-23-11-5-3-6-12-23)20-25-15-9-10-16-27(25)33-2/h3-18,22H,19-21H2,1-2H3,(H,30,32). The molecule has 0 aliphatic heterocycles. The predicted octanol–water partition coefficient (Wildman–Crippen LogP) is 5.98. The monoisotopic (exact) mass is 454 g/mol. The molecule has 3 aromatic carbocycles. The second-order valence-electron chi connectivity index (χ2n) is 8.31. The van der Waals surface area contributed by atoms with Gasteiger partial charge in [-0.15, -0.1) is 0 Å². The van der Waals surface area contributed by atoms with Gasteiger partial charge in [0.2, 0.25) is 0 Å². The third-order valence-electron chi connectivity index (χ3n) is 5.75. The van der Waals surface area contributed by atoms with Gasteiger partial charge in [0.1, 0.15) is 11.5 Å². The van der Waals surface area contributed by atoms with Gasteiger partial charge in [-0.1, -0.05) is 78.9 Å². The van der Waals surface area contributed by atoms with Gasteiger partial charge in [0.25, 0.3) is 5.91 Å². The first kappa shape index (κ1) is 23.3. The third-order valence-corrected chi connectivity index (χ3v) is 5.75. The van der Waals surface area contributed by atoms with Crippen LogP contribution in [-0.4, -0.2) is 17.9 Å². The number of amides is 1. The second kappa shape index (κ2) is 11.3. The van der Waals surface area contributed by atoms with Crippen molar-refractivity contribution in [2.75, 3.05) is 7.11 Å². The van der Waals surface area contributed by atoms with Crippen molar-refractivity contribution < 1.29 is 13.9 Å². The number of para-hydroxylation sites is 1. The number of nitrogens with zero attached hydrogens (tertiary/aromatic N) is 1. The van der Waals surface area contributed by atoms with Gasteiger partial charge in [-0.3, -0.25) is 9.69 Å². The van der Waals surface area contributed by atoms with Crippen molar-refractivity contribution in [2.45, 2.75) is 32.6 Å². The first-order chi connectivity index (χ1) is 16.6. The van der Waals surface area contributed by atoms with Gasteiger partial charge >= 0.3 is 0 Å². The van der Waals surface area contributed by atoms with Crippen molar-refractivity contribution in [2.24, 2.45) is 0 Å². The molecule has 34 heavy (non-hydrogen) atoms. The Hall–Kier alpha value is -3.83. The molecule has 0 radical (unpaired) electrons.